The molecule has 7 nitrogen and oxygen atoms in total. The van der Waals surface area contributed by atoms with Crippen LogP contribution >= 0.6 is 0 Å². The Kier molecular flexibility index (Phi) is 5.13. The highest BCUT2D eigenvalue weighted by Gasteiger charge is 2.40. The molecule has 2 atom stereocenters. The molecule has 2 saturated heterocycles. The minimum Gasteiger partial charge on any atom is -0.366 e. The molecule has 0 spiro atoms. The number of aromatic nitrogens is 1. The van der Waals surface area contributed by atoms with E-state index in [0.29, 0.717) is 25.3 Å². The molecule has 3 heterocycles. The quantitative estimate of drug-likeness (QED) is 0.826. The van der Waals surface area contributed by atoms with Crippen molar-refractivity contribution in [3.05, 3.63) is 17.0 Å². The zero-order valence-corrected chi connectivity index (χ0v) is 15.4. The highest BCUT2D eigenvalue weighted by atomic mass is 16.5. The molecule has 0 N–H and O–H groups in total. The van der Waals surface area contributed by atoms with Crippen molar-refractivity contribution in [2.45, 2.75) is 65.1 Å². The Hall–Kier alpha value is -1.89. The Morgan fingerprint density at radius 2 is 2.00 bits per heavy atom. The molecule has 2 aliphatic rings. The van der Waals surface area contributed by atoms with Crippen LogP contribution in [0.25, 0.3) is 0 Å². The van der Waals surface area contributed by atoms with Gasteiger partial charge >= 0.3 is 0 Å². The molecule has 2 fully saturated rings. The lowest BCUT2D eigenvalue weighted by atomic mass is 10.0. The van der Waals surface area contributed by atoms with Crippen LogP contribution in [0.15, 0.2) is 4.52 Å². The number of nitrogens with zero attached hydrogens (tertiary/aromatic N) is 3. The van der Waals surface area contributed by atoms with Gasteiger partial charge in [-0.3, -0.25) is 9.59 Å². The predicted octanol–water partition coefficient (Wildman–Crippen LogP) is 1.46. The molecule has 7 heteroatoms. The Morgan fingerprint density at radius 1 is 1.28 bits per heavy atom. The van der Waals surface area contributed by atoms with Crippen molar-refractivity contribution in [1.29, 1.82) is 0 Å². The standard InChI is InChI=1S/C18H27N3O4/c1-11(2)21-15-5-7-20(8-6-16(15)24-10-18(21)23)17(22)9-14-12(3)19-25-13(14)4/h11,15-16H,5-10H2,1-4H3/t15-,16-/m0/s1. The molecule has 0 aliphatic carbocycles. The number of rotatable bonds is 3. The van der Waals surface area contributed by atoms with Gasteiger partial charge in [-0.2, -0.15) is 0 Å². The molecular weight excluding hydrogens is 322 g/mol. The topological polar surface area (TPSA) is 75.9 Å². The van der Waals surface area contributed by atoms with Crippen LogP contribution in [0.2, 0.25) is 0 Å². The summed E-state index contributed by atoms with van der Waals surface area (Å²) in [5, 5.41) is 3.92. The van der Waals surface area contributed by atoms with Gasteiger partial charge < -0.3 is 19.1 Å². The van der Waals surface area contributed by atoms with Crippen molar-refractivity contribution in [1.82, 2.24) is 15.0 Å². The van der Waals surface area contributed by atoms with Crippen molar-refractivity contribution < 1.29 is 18.8 Å². The smallest absolute Gasteiger partial charge is 0.249 e. The Morgan fingerprint density at radius 3 is 2.64 bits per heavy atom. The minimum absolute atomic E-state index is 0.0111. The number of hydrogen-bond acceptors (Lipinski definition) is 5. The summed E-state index contributed by atoms with van der Waals surface area (Å²) in [6.45, 7) is 9.20. The largest absolute Gasteiger partial charge is 0.366 e. The minimum atomic E-state index is 0.0111. The fourth-order valence-electron chi connectivity index (χ4n) is 3.95. The zero-order chi connectivity index (χ0) is 18.1. The molecule has 3 rings (SSSR count). The van der Waals surface area contributed by atoms with E-state index < -0.39 is 0 Å². The van der Waals surface area contributed by atoms with Gasteiger partial charge in [0.2, 0.25) is 11.8 Å². The molecule has 1 aromatic rings. The lowest BCUT2D eigenvalue weighted by Crippen LogP contribution is -2.56. The molecule has 0 aromatic carbocycles. The molecule has 0 radical (unpaired) electrons. The van der Waals surface area contributed by atoms with Crippen LogP contribution in [-0.2, 0) is 20.7 Å². The zero-order valence-electron chi connectivity index (χ0n) is 15.4. The number of hydrogen-bond donors (Lipinski definition) is 0. The molecule has 25 heavy (non-hydrogen) atoms. The van der Waals surface area contributed by atoms with Crippen molar-refractivity contribution in [3.63, 3.8) is 0 Å². The van der Waals surface area contributed by atoms with Crippen LogP contribution in [0.4, 0.5) is 0 Å². The van der Waals surface area contributed by atoms with E-state index in [-0.39, 0.29) is 36.6 Å². The average Bonchev–Trinajstić information content (AvgIpc) is 2.76. The lowest BCUT2D eigenvalue weighted by molar-refractivity contribution is -0.160. The van der Waals surface area contributed by atoms with Crippen LogP contribution in [0, 0.1) is 13.8 Å². The van der Waals surface area contributed by atoms with Gasteiger partial charge in [-0.1, -0.05) is 5.16 Å². The third-order valence-electron chi connectivity index (χ3n) is 5.29. The molecule has 0 bridgehead atoms. The summed E-state index contributed by atoms with van der Waals surface area (Å²) in [7, 11) is 0. The lowest BCUT2D eigenvalue weighted by Gasteiger charge is -2.42. The highest BCUT2D eigenvalue weighted by molar-refractivity contribution is 5.80. The number of amides is 2. The predicted molar refractivity (Wildman–Crippen MR) is 91.0 cm³/mol. The first-order valence-corrected chi connectivity index (χ1v) is 9.00. The number of ether oxygens (including phenoxy) is 1. The fourth-order valence-corrected chi connectivity index (χ4v) is 3.95. The van der Waals surface area contributed by atoms with Gasteiger partial charge in [0, 0.05) is 24.7 Å². The van der Waals surface area contributed by atoms with Crippen LogP contribution < -0.4 is 0 Å². The van der Waals surface area contributed by atoms with Crippen molar-refractivity contribution in [2.75, 3.05) is 19.7 Å². The Bertz CT molecular complexity index is 635. The summed E-state index contributed by atoms with van der Waals surface area (Å²) in [5.41, 5.74) is 1.65. The van der Waals surface area contributed by atoms with Crippen LogP contribution in [0.1, 0.15) is 43.7 Å². The van der Waals surface area contributed by atoms with Gasteiger partial charge in [0.05, 0.1) is 24.3 Å². The summed E-state index contributed by atoms with van der Waals surface area (Å²) < 4.78 is 10.9. The number of carbonyl (C=O) groups is 2. The normalized spacial score (nSPS) is 24.4. The molecule has 138 valence electrons. The number of morpholine rings is 1. The van der Waals surface area contributed by atoms with Crippen molar-refractivity contribution in [3.8, 4) is 0 Å². The molecule has 2 aliphatic heterocycles. The second-order valence-electron chi connectivity index (χ2n) is 7.25. The fraction of sp³-hybridized carbons (Fsp3) is 0.722. The summed E-state index contributed by atoms with van der Waals surface area (Å²) in [4.78, 5) is 28.8. The van der Waals surface area contributed by atoms with Crippen LogP contribution in [0.3, 0.4) is 0 Å². The van der Waals surface area contributed by atoms with Gasteiger partial charge in [0.1, 0.15) is 12.4 Å². The van der Waals surface area contributed by atoms with Crippen LogP contribution in [-0.4, -0.2) is 64.7 Å². The molecule has 0 unspecified atom stereocenters. The van der Waals surface area contributed by atoms with Crippen LogP contribution in [0.5, 0.6) is 0 Å². The maximum atomic E-state index is 12.7. The summed E-state index contributed by atoms with van der Waals surface area (Å²) in [5.74, 6) is 0.830. The first kappa shape index (κ1) is 17.9. The Balaban J connectivity index is 1.69. The van der Waals surface area contributed by atoms with Gasteiger partial charge in [-0.15, -0.1) is 0 Å². The van der Waals surface area contributed by atoms with Gasteiger partial charge in [0.15, 0.2) is 0 Å². The maximum absolute atomic E-state index is 12.7. The second-order valence-corrected chi connectivity index (χ2v) is 7.25. The molecule has 0 saturated carbocycles. The van der Waals surface area contributed by atoms with E-state index in [1.165, 1.54) is 0 Å². The molecular formula is C18H27N3O4. The van der Waals surface area contributed by atoms with E-state index in [2.05, 4.69) is 5.16 Å². The number of fused-ring (bicyclic) bond motifs is 1. The SMILES string of the molecule is Cc1noc(C)c1CC(=O)N1CC[C@@H]2OCC(=O)N(C(C)C)[C@H]2CC1. The summed E-state index contributed by atoms with van der Waals surface area (Å²) in [6.07, 6.45) is 1.83. The van der Waals surface area contributed by atoms with Crippen molar-refractivity contribution in [2.24, 2.45) is 0 Å². The van der Waals surface area contributed by atoms with E-state index in [1.54, 1.807) is 0 Å². The number of carbonyl (C=O) groups excluding carboxylic acids is 2. The monoisotopic (exact) mass is 349 g/mol. The first-order chi connectivity index (χ1) is 11.9. The van der Waals surface area contributed by atoms with Gasteiger partial charge in [-0.25, -0.2) is 0 Å². The van der Waals surface area contributed by atoms with Gasteiger partial charge in [-0.05, 0) is 40.5 Å². The van der Waals surface area contributed by atoms with E-state index in [4.69, 9.17) is 9.26 Å². The highest BCUT2D eigenvalue weighted by Crippen LogP contribution is 2.26. The average molecular weight is 349 g/mol. The molecule has 2 amide bonds. The second kappa shape index (κ2) is 7.15. The Labute approximate surface area is 148 Å². The van der Waals surface area contributed by atoms with E-state index in [0.717, 1.165) is 24.1 Å². The first-order valence-electron chi connectivity index (χ1n) is 9.00. The third kappa shape index (κ3) is 3.56. The number of likely N-dealkylation sites (tertiary alicyclic amines) is 1. The van der Waals surface area contributed by atoms with E-state index >= 15 is 0 Å². The van der Waals surface area contributed by atoms with Gasteiger partial charge in [0.25, 0.3) is 0 Å². The van der Waals surface area contributed by atoms with Crippen molar-refractivity contribution >= 4 is 11.8 Å². The summed E-state index contributed by atoms with van der Waals surface area (Å²) in [6, 6.07) is 0.201. The number of aryl methyl sites for hydroxylation is 2. The summed E-state index contributed by atoms with van der Waals surface area (Å²) >= 11 is 0. The molecule has 1 aromatic heterocycles. The maximum Gasteiger partial charge on any atom is 0.249 e. The van der Waals surface area contributed by atoms with E-state index in [9.17, 15) is 9.59 Å². The third-order valence-corrected chi connectivity index (χ3v) is 5.29. The van der Waals surface area contributed by atoms with E-state index in [1.807, 2.05) is 37.5 Å².